The summed E-state index contributed by atoms with van der Waals surface area (Å²) < 4.78 is 178. The molecule has 14 bridgehead atoms. The van der Waals surface area contributed by atoms with Crippen LogP contribution in [0.3, 0.4) is 0 Å². The summed E-state index contributed by atoms with van der Waals surface area (Å²) in [5, 5.41) is 63.4. The van der Waals surface area contributed by atoms with Crippen LogP contribution < -0.4 is 0 Å². The van der Waals surface area contributed by atoms with Gasteiger partial charge in [0.05, 0.1) is 58.3 Å². The van der Waals surface area contributed by atoms with Gasteiger partial charge in [-0.25, -0.2) is 0 Å². The molecule has 0 amide bonds. The van der Waals surface area contributed by atoms with Gasteiger partial charge in [0, 0.05) is 109 Å². The first-order chi connectivity index (χ1) is 46.2. The summed E-state index contributed by atoms with van der Waals surface area (Å²) in [6, 6.07) is 0. The van der Waals surface area contributed by atoms with E-state index in [1.807, 2.05) is 0 Å². The van der Waals surface area contributed by atoms with Gasteiger partial charge in [0.15, 0.2) is 44.0 Å². The third-order valence-corrected chi connectivity index (χ3v) is 18.5. The van der Waals surface area contributed by atoms with Crippen LogP contribution in [0, 0.1) is 0 Å². The first-order valence-electron chi connectivity index (χ1n) is 30.8. The molecule has 21 rings (SSSR count). The van der Waals surface area contributed by atoms with Crippen molar-refractivity contribution in [2.24, 2.45) is 10.2 Å². The fraction of sp³-hybridized carbons (Fsp3) is 1.00. The predicted molar refractivity (Wildman–Crippen MR) is 309 cm³/mol. The van der Waals surface area contributed by atoms with Crippen molar-refractivity contribution in [3.63, 3.8) is 0 Å². The average molecular weight is 1380 g/mol. The van der Waals surface area contributed by atoms with Crippen LogP contribution in [-0.2, 0) is 133 Å². The lowest BCUT2D eigenvalue weighted by atomic mass is 9.94. The van der Waals surface area contributed by atoms with Crippen molar-refractivity contribution in [3.05, 3.63) is 20.9 Å². The van der Waals surface area contributed by atoms with Crippen LogP contribution in [0.2, 0.25) is 0 Å². The lowest BCUT2D eigenvalue weighted by Crippen LogP contribution is -2.69. The topological polar surface area (TPSA) is 457 Å². The molecule has 0 aromatic heterocycles. The maximum atomic E-state index is 11.2. The van der Waals surface area contributed by atoms with Gasteiger partial charge in [-0.1, -0.05) is 10.2 Å². The predicted octanol–water partition coefficient (Wildman–Crippen LogP) is -3.44. The number of rotatable bonds is 23. The summed E-state index contributed by atoms with van der Waals surface area (Å²) >= 11 is 0. The molecule has 21 heterocycles. The van der Waals surface area contributed by atoms with Gasteiger partial charge in [-0.2, -0.15) is 0 Å². The molecule has 21 saturated heterocycles. The summed E-state index contributed by atoms with van der Waals surface area (Å²) in [5.74, 6) is 0. The van der Waals surface area contributed by atoms with E-state index in [-0.39, 0.29) is 0 Å². The highest BCUT2D eigenvalue weighted by Crippen LogP contribution is 2.43. The van der Waals surface area contributed by atoms with Crippen molar-refractivity contribution >= 4 is 0 Å². The van der Waals surface area contributed by atoms with E-state index in [9.17, 15) is 36.6 Å². The SMILES string of the molecule is CO[C@@H]1[C@@H](OC)[C@H]2O[C@H]3[C@H](OC)[C@@H](OC)[C@@H](O[C@H]4[C@H](OC)[C@@H](OC)[C@@H](O[C@H]5[C@H](OC)[C@@H](OC)[C@@H](O[C@H]6[C@H](OC)[C@@H](OC)[C@@H](O[C@H]7[C@H](OC)[C@@H](OC)[C@@H](O[C@H]8[C@H](OC)[C@@H](OC)[C@@H](O[C@@H]1[C@@H](CO)O2)O[C@@H]8CO)O[C@@H]7CO)O[C@@H]6CN=[N+]=[N-])O[C@@H]5CN=[N+]=[N-])O[C@@H]4CO)O[C@@H]3CO. The van der Waals surface area contributed by atoms with Gasteiger partial charge in [0.1, 0.15) is 159 Å². The van der Waals surface area contributed by atoms with Crippen LogP contribution >= 0.6 is 0 Å². The van der Waals surface area contributed by atoms with E-state index in [0.29, 0.717) is 0 Å². The molecule has 21 fully saturated rings. The number of hydrogen-bond donors (Lipinski definition) is 5. The molecule has 0 aromatic carbocycles. The van der Waals surface area contributed by atoms with Crippen LogP contribution in [0.15, 0.2) is 10.2 Å². The molecule has 39 heteroatoms. The van der Waals surface area contributed by atoms with Crippen molar-refractivity contribution in [1.29, 1.82) is 0 Å². The number of ether oxygens (including phenoxy) is 28. The van der Waals surface area contributed by atoms with Crippen molar-refractivity contribution < 1.29 is 158 Å². The zero-order valence-electron chi connectivity index (χ0n) is 55.5. The highest BCUT2D eigenvalue weighted by molar-refractivity contribution is 5.04. The van der Waals surface area contributed by atoms with Crippen molar-refractivity contribution in [3.8, 4) is 0 Å². The Morgan fingerprint density at radius 2 is 0.368 bits per heavy atom. The summed E-state index contributed by atoms with van der Waals surface area (Å²) in [6.07, 6.45) is -44.4. The summed E-state index contributed by atoms with van der Waals surface area (Å²) in [7, 11) is 19.1. The Kier molecular flexibility index (Phi) is 30.6. The largest absolute Gasteiger partial charge is 0.394 e. The molecule has 95 heavy (non-hydrogen) atoms. The summed E-state index contributed by atoms with van der Waals surface area (Å²) in [5.41, 5.74) is 19.5. The summed E-state index contributed by atoms with van der Waals surface area (Å²) in [4.78, 5) is 5.98. The van der Waals surface area contributed by atoms with Gasteiger partial charge >= 0.3 is 0 Å². The minimum atomic E-state index is -1.46. The first kappa shape index (κ1) is 78.0. The van der Waals surface area contributed by atoms with Crippen LogP contribution in [0.5, 0.6) is 0 Å². The second-order valence-corrected chi connectivity index (χ2v) is 23.0. The average Bonchev–Trinajstić information content (AvgIpc) is 0.776. The molecule has 35 atom stereocenters. The van der Waals surface area contributed by atoms with Gasteiger partial charge in [0.25, 0.3) is 0 Å². The molecule has 0 saturated carbocycles. The Labute approximate surface area is 548 Å². The van der Waals surface area contributed by atoms with Crippen LogP contribution in [0.25, 0.3) is 20.9 Å². The number of methoxy groups -OCH3 is 14. The minimum Gasteiger partial charge on any atom is -0.394 e. The molecule has 5 N–H and O–H groups in total. The molecule has 0 radical (unpaired) electrons. The first-order valence-corrected chi connectivity index (χ1v) is 30.8. The number of aliphatic hydroxyl groups excluding tert-OH is 5. The van der Waals surface area contributed by atoms with Gasteiger partial charge in [-0.15, -0.1) is 0 Å². The molecular formula is C56H96N6O33. The lowest BCUT2D eigenvalue weighted by Gasteiger charge is -2.52. The number of aliphatic hydroxyl groups is 5. The van der Waals surface area contributed by atoms with E-state index in [1.54, 1.807) is 0 Å². The van der Waals surface area contributed by atoms with Gasteiger partial charge in [-0.05, 0) is 11.1 Å². The van der Waals surface area contributed by atoms with Crippen LogP contribution in [-0.4, -0.2) is 386 Å². The highest BCUT2D eigenvalue weighted by Gasteiger charge is 2.62. The van der Waals surface area contributed by atoms with Crippen molar-refractivity contribution in [2.75, 3.05) is 146 Å². The van der Waals surface area contributed by atoms with Crippen LogP contribution in [0.4, 0.5) is 0 Å². The molecule has 0 unspecified atom stereocenters. The smallest absolute Gasteiger partial charge is 0.187 e. The zero-order valence-corrected chi connectivity index (χ0v) is 55.5. The molecule has 0 spiro atoms. The quantitative estimate of drug-likeness (QED) is 0.0377. The Morgan fingerprint density at radius 1 is 0.232 bits per heavy atom. The lowest BCUT2D eigenvalue weighted by molar-refractivity contribution is -0.402. The van der Waals surface area contributed by atoms with Gasteiger partial charge < -0.3 is 158 Å². The molecule has 0 aromatic rings. The second-order valence-electron chi connectivity index (χ2n) is 23.0. The fourth-order valence-electron chi connectivity index (χ4n) is 14.0. The Hall–Kier alpha value is -2.70. The molecular weight excluding hydrogens is 1280 g/mol. The van der Waals surface area contributed by atoms with Crippen molar-refractivity contribution in [2.45, 2.75) is 215 Å². The minimum absolute atomic E-state index is 0.405. The maximum absolute atomic E-state index is 11.2. The summed E-state index contributed by atoms with van der Waals surface area (Å²) in [6.45, 7) is -4.36. The van der Waals surface area contributed by atoms with Crippen molar-refractivity contribution in [1.82, 2.24) is 0 Å². The zero-order chi connectivity index (χ0) is 68.8. The fourth-order valence-corrected chi connectivity index (χ4v) is 14.0. The molecule has 21 aliphatic rings. The maximum Gasteiger partial charge on any atom is 0.187 e. The molecule has 548 valence electrons. The highest BCUT2D eigenvalue weighted by atomic mass is 16.8. The van der Waals surface area contributed by atoms with E-state index in [1.165, 1.54) is 99.5 Å². The van der Waals surface area contributed by atoms with E-state index < -0.39 is 261 Å². The van der Waals surface area contributed by atoms with Crippen LogP contribution in [0.1, 0.15) is 0 Å². The molecule has 21 aliphatic heterocycles. The van der Waals surface area contributed by atoms with E-state index in [4.69, 9.17) is 133 Å². The number of hydrogen-bond acceptors (Lipinski definition) is 35. The van der Waals surface area contributed by atoms with Gasteiger partial charge in [-0.3, -0.25) is 0 Å². The van der Waals surface area contributed by atoms with Gasteiger partial charge in [0.2, 0.25) is 0 Å². The monoisotopic (exact) mass is 1380 g/mol. The Balaban J connectivity index is 1.22. The van der Waals surface area contributed by atoms with E-state index >= 15 is 0 Å². The Bertz CT molecular complexity index is 2340. The second kappa shape index (κ2) is 37.3. The Morgan fingerprint density at radius 3 is 0.495 bits per heavy atom. The number of nitrogens with zero attached hydrogens (tertiary/aromatic N) is 6. The third-order valence-electron chi connectivity index (χ3n) is 18.5. The van der Waals surface area contributed by atoms with E-state index in [0.717, 1.165) is 0 Å². The van der Waals surface area contributed by atoms with E-state index in [2.05, 4.69) is 20.1 Å². The molecule has 0 aliphatic carbocycles. The number of azide groups is 2. The third kappa shape index (κ3) is 16.3. The normalized spacial score (nSPS) is 46.9. The molecule has 39 nitrogen and oxygen atoms in total. The standard InChI is InChI=1S/C56H96N6O33/c1-68-36-29-22(15-59-61-57)83-51(44(36)76-9)91-31-24(17-63)85-53(46(78-11)38(31)70-3)93-33-26(19-65)87-55(48(80-13)40(33)72-5)95-35-28(21-67)88-56(49(81-14)42(35)74-7)94-34-27(20-66)86-54(47(79-12)41(34)73-6)92-32-25(18-64)84-52(45(77-10)39(32)71-4)90-30-23(16-60-62-58)82-50(89-29)43(75-8)37(30)69-2/h22-56,63-67H,15-21H2,1-14H3/t22-,23-,24-,25-,26-,27-,28-,29-,30-,31-,32-,33-,34-,35-,36+,37+,38+,39+,40+,41+,42+,43-,44-,45-,46-,47-,48-,49-,50-,51-,52-,53-,54-,55-,56-/m1/s1.